The van der Waals surface area contributed by atoms with Gasteiger partial charge < -0.3 is 10.5 Å². The second-order valence-corrected chi connectivity index (χ2v) is 2.28. The third-order valence-corrected chi connectivity index (χ3v) is 1.25. The Kier molecular flexibility index (Phi) is 4.76. The SMILES string of the molecule is COC(=N)/C=C(/CC(N)=O)C(=O)N=O. The van der Waals surface area contributed by atoms with E-state index in [1.165, 1.54) is 7.11 Å². The van der Waals surface area contributed by atoms with E-state index in [-0.39, 0.29) is 11.5 Å². The van der Waals surface area contributed by atoms with Crippen LogP contribution >= 0.6 is 0 Å². The zero-order valence-electron chi connectivity index (χ0n) is 7.44. The van der Waals surface area contributed by atoms with Crippen LogP contribution in [0.1, 0.15) is 6.42 Å². The van der Waals surface area contributed by atoms with Crippen molar-refractivity contribution in [3.8, 4) is 0 Å². The first-order valence-corrected chi connectivity index (χ1v) is 3.50. The van der Waals surface area contributed by atoms with E-state index in [0.29, 0.717) is 0 Å². The van der Waals surface area contributed by atoms with Crippen molar-refractivity contribution in [1.29, 1.82) is 5.41 Å². The minimum atomic E-state index is -1.13. The molecule has 7 nitrogen and oxygen atoms in total. The van der Waals surface area contributed by atoms with E-state index in [1.54, 1.807) is 0 Å². The van der Waals surface area contributed by atoms with Crippen LogP contribution in [0.15, 0.2) is 16.8 Å². The van der Waals surface area contributed by atoms with E-state index in [0.717, 1.165) is 6.08 Å². The molecule has 0 bridgehead atoms. The lowest BCUT2D eigenvalue weighted by molar-refractivity contribution is -0.120. The van der Waals surface area contributed by atoms with Gasteiger partial charge in [-0.3, -0.25) is 15.0 Å². The standard InChI is InChI=1S/C7H9N3O4/c1-14-6(9)3-4(2-5(8)11)7(12)10-13/h3,9H,2H2,1H3,(H2,8,11)/b4-3-,9-6?. The Morgan fingerprint density at radius 3 is 2.50 bits per heavy atom. The molecule has 0 aliphatic rings. The number of carbonyl (C=O) groups is 2. The fourth-order valence-corrected chi connectivity index (χ4v) is 0.652. The lowest BCUT2D eigenvalue weighted by Gasteiger charge is -1.99. The van der Waals surface area contributed by atoms with Crippen molar-refractivity contribution in [3.05, 3.63) is 16.6 Å². The van der Waals surface area contributed by atoms with Crippen LogP contribution in [-0.2, 0) is 14.3 Å². The van der Waals surface area contributed by atoms with Gasteiger partial charge in [-0.2, -0.15) is 0 Å². The number of carbonyl (C=O) groups excluding carboxylic acids is 2. The third-order valence-electron chi connectivity index (χ3n) is 1.25. The number of rotatable bonds is 4. The highest BCUT2D eigenvalue weighted by Gasteiger charge is 2.13. The van der Waals surface area contributed by atoms with Crippen molar-refractivity contribution >= 4 is 17.7 Å². The van der Waals surface area contributed by atoms with Gasteiger partial charge >= 0.3 is 5.91 Å². The Labute approximate surface area is 79.4 Å². The number of ether oxygens (including phenoxy) is 1. The fourth-order valence-electron chi connectivity index (χ4n) is 0.652. The molecule has 2 amide bonds. The van der Waals surface area contributed by atoms with Crippen molar-refractivity contribution in [2.45, 2.75) is 6.42 Å². The zero-order valence-corrected chi connectivity index (χ0v) is 7.44. The molecule has 0 spiro atoms. The Morgan fingerprint density at radius 1 is 1.57 bits per heavy atom. The molecule has 0 rings (SSSR count). The summed E-state index contributed by atoms with van der Waals surface area (Å²) in [4.78, 5) is 31.2. The van der Waals surface area contributed by atoms with Crippen molar-refractivity contribution in [1.82, 2.24) is 0 Å². The van der Waals surface area contributed by atoms with Crippen molar-refractivity contribution in [2.75, 3.05) is 7.11 Å². The number of nitrogens with one attached hydrogen (secondary N) is 1. The molecule has 0 aliphatic heterocycles. The number of hydrogen-bond acceptors (Lipinski definition) is 5. The number of nitrogens with two attached hydrogens (primary N) is 1. The van der Waals surface area contributed by atoms with Crippen LogP contribution in [-0.4, -0.2) is 24.8 Å². The average molecular weight is 199 g/mol. The maximum absolute atomic E-state index is 10.8. The van der Waals surface area contributed by atoms with Crippen molar-refractivity contribution in [2.24, 2.45) is 10.9 Å². The number of nitroso groups, excluding NO2 is 1. The van der Waals surface area contributed by atoms with Crippen LogP contribution in [0.2, 0.25) is 0 Å². The maximum atomic E-state index is 10.8. The molecule has 3 N–H and O–H groups in total. The topological polar surface area (TPSA) is 123 Å². The number of hydrogen-bond donors (Lipinski definition) is 2. The highest BCUT2D eigenvalue weighted by molar-refractivity contribution is 6.03. The van der Waals surface area contributed by atoms with Gasteiger partial charge in [0.2, 0.25) is 11.8 Å². The summed E-state index contributed by atoms with van der Waals surface area (Å²) in [5.41, 5.74) is 4.55. The molecule has 0 aromatic rings. The monoisotopic (exact) mass is 199 g/mol. The van der Waals surface area contributed by atoms with Gasteiger partial charge in [0.25, 0.3) is 0 Å². The lowest BCUT2D eigenvalue weighted by Crippen LogP contribution is -2.15. The predicted octanol–water partition coefficient (Wildman–Crippen LogP) is -0.295. The Morgan fingerprint density at radius 2 is 2.14 bits per heavy atom. The highest BCUT2D eigenvalue weighted by atomic mass is 16.5. The van der Waals surface area contributed by atoms with E-state index in [4.69, 9.17) is 11.1 Å². The quantitative estimate of drug-likeness (QED) is 0.279. The molecule has 0 unspecified atom stereocenters. The van der Waals surface area contributed by atoms with Crippen LogP contribution < -0.4 is 5.73 Å². The second kappa shape index (κ2) is 5.57. The van der Waals surface area contributed by atoms with E-state index in [9.17, 15) is 14.5 Å². The van der Waals surface area contributed by atoms with Crippen LogP contribution in [0.4, 0.5) is 0 Å². The summed E-state index contributed by atoms with van der Waals surface area (Å²) >= 11 is 0. The molecule has 0 saturated heterocycles. The second-order valence-electron chi connectivity index (χ2n) is 2.28. The summed E-state index contributed by atoms with van der Waals surface area (Å²) in [5.74, 6) is -2.29. The van der Waals surface area contributed by atoms with Crippen LogP contribution in [0, 0.1) is 10.3 Å². The molecule has 14 heavy (non-hydrogen) atoms. The summed E-state index contributed by atoms with van der Waals surface area (Å²) in [7, 11) is 1.21. The molecule has 0 radical (unpaired) electrons. The first kappa shape index (κ1) is 11.9. The first-order chi connectivity index (χ1) is 6.51. The van der Waals surface area contributed by atoms with Crippen LogP contribution in [0.25, 0.3) is 0 Å². The molecule has 76 valence electrons. The van der Waals surface area contributed by atoms with Gasteiger partial charge in [-0.25, -0.2) is 0 Å². The fraction of sp³-hybridized carbons (Fsp3) is 0.286. The van der Waals surface area contributed by atoms with Gasteiger partial charge in [-0.05, 0) is 0 Å². The van der Waals surface area contributed by atoms with Crippen molar-refractivity contribution in [3.63, 3.8) is 0 Å². The van der Waals surface area contributed by atoms with Gasteiger partial charge in [-0.1, -0.05) is 0 Å². The Hall–Kier alpha value is -2.05. The lowest BCUT2D eigenvalue weighted by atomic mass is 10.1. The van der Waals surface area contributed by atoms with Gasteiger partial charge in [0.1, 0.15) is 0 Å². The number of amides is 2. The molecule has 0 atom stereocenters. The Bertz CT molecular complexity index is 308. The highest BCUT2D eigenvalue weighted by Crippen LogP contribution is 2.04. The molecule has 0 heterocycles. The van der Waals surface area contributed by atoms with Gasteiger partial charge in [0, 0.05) is 16.8 Å². The van der Waals surface area contributed by atoms with Gasteiger partial charge in [0.15, 0.2) is 0 Å². The summed E-state index contributed by atoms with van der Waals surface area (Å²) < 4.78 is 4.42. The van der Waals surface area contributed by atoms with Gasteiger partial charge in [0.05, 0.1) is 13.5 Å². The minimum Gasteiger partial charge on any atom is -0.481 e. The number of nitrogens with zero attached hydrogens (tertiary/aromatic N) is 1. The predicted molar refractivity (Wildman–Crippen MR) is 47.4 cm³/mol. The third kappa shape index (κ3) is 4.10. The summed E-state index contributed by atoms with van der Waals surface area (Å²) in [5, 5.41) is 9.15. The van der Waals surface area contributed by atoms with Crippen LogP contribution in [0.3, 0.4) is 0 Å². The summed E-state index contributed by atoms with van der Waals surface area (Å²) in [6, 6.07) is 0. The molecule has 7 heteroatoms. The minimum absolute atomic E-state index is 0.264. The zero-order chi connectivity index (χ0) is 11.1. The van der Waals surface area contributed by atoms with E-state index in [1.807, 2.05) is 0 Å². The largest absolute Gasteiger partial charge is 0.481 e. The summed E-state index contributed by atoms with van der Waals surface area (Å²) in [6.07, 6.45) is 0.477. The van der Waals surface area contributed by atoms with E-state index >= 15 is 0 Å². The Balaban J connectivity index is 4.79. The number of methoxy groups -OCH3 is 1. The molecule has 0 aromatic carbocycles. The van der Waals surface area contributed by atoms with Gasteiger partial charge in [-0.15, -0.1) is 4.91 Å². The molecule has 0 saturated carbocycles. The molecular formula is C7H9N3O4. The molecule has 0 aromatic heterocycles. The molecular weight excluding hydrogens is 190 g/mol. The smallest absolute Gasteiger partial charge is 0.313 e. The van der Waals surface area contributed by atoms with E-state index < -0.39 is 18.2 Å². The molecule has 0 aliphatic carbocycles. The number of primary amides is 1. The first-order valence-electron chi connectivity index (χ1n) is 3.50. The average Bonchev–Trinajstić information content (AvgIpc) is 2.14. The normalized spacial score (nSPS) is 10.5. The maximum Gasteiger partial charge on any atom is 0.313 e. The van der Waals surface area contributed by atoms with Crippen LogP contribution in [0.5, 0.6) is 0 Å². The van der Waals surface area contributed by atoms with E-state index in [2.05, 4.69) is 9.91 Å². The molecule has 0 fully saturated rings. The van der Waals surface area contributed by atoms with Crippen molar-refractivity contribution < 1.29 is 14.3 Å². The summed E-state index contributed by atoms with van der Waals surface area (Å²) in [6.45, 7) is 0.